The molecule has 0 bridgehead atoms. The Balaban J connectivity index is -0.0000000233. The molecule has 5 heteroatoms. The van der Waals surface area contributed by atoms with Gasteiger partial charge < -0.3 is 16.4 Å². The van der Waals surface area contributed by atoms with Crippen molar-refractivity contribution < 1.29 is 72.6 Å². The fourth-order valence-electron chi connectivity index (χ4n) is 0. The summed E-state index contributed by atoms with van der Waals surface area (Å²) in [5.74, 6) is 0. The van der Waals surface area contributed by atoms with Crippen LogP contribution in [0.1, 0.15) is 8.35 Å². The molecular weight excluding hydrogens is 139 g/mol. The Morgan fingerprint density at radius 3 is 1.62 bits per heavy atom. The van der Waals surface area contributed by atoms with Crippen LogP contribution in [0.25, 0.3) is 0 Å². The molecule has 8 heavy (non-hydrogen) atoms. The first-order valence-electron chi connectivity index (χ1n) is 1.46. The van der Waals surface area contributed by atoms with Gasteiger partial charge in [-0.2, -0.15) is 0 Å². The van der Waals surface area contributed by atoms with Crippen LogP contribution in [-0.2, 0) is 4.79 Å². The second-order valence-corrected chi connectivity index (χ2v) is 0.518. The van der Waals surface area contributed by atoms with Gasteiger partial charge in [-0.3, -0.25) is 0 Å². The quantitative estimate of drug-likeness (QED) is 0.294. The summed E-state index contributed by atoms with van der Waals surface area (Å²) in [7, 11) is 0. The van der Waals surface area contributed by atoms with E-state index in [-0.39, 0.29) is 52.8 Å². The van der Waals surface area contributed by atoms with Crippen LogP contribution < -0.4 is 51.4 Å². The van der Waals surface area contributed by atoms with Crippen LogP contribution in [0, 0.1) is 0 Å². The monoisotopic (exact) mass is 146 g/mol. The van der Waals surface area contributed by atoms with Gasteiger partial charge >= 0.3 is 57.5 Å². The molecule has 2 N–H and O–H groups in total. The number of carboxylic acid groups (broad SMARTS) is 2. The Bertz CT molecular complexity index is 62.8. The van der Waals surface area contributed by atoms with Crippen molar-refractivity contribution in [3.8, 4) is 0 Å². The molecule has 0 aliphatic rings. The van der Waals surface area contributed by atoms with E-state index in [0.717, 1.165) is 6.29 Å². The van der Waals surface area contributed by atoms with E-state index in [9.17, 15) is 0 Å². The van der Waals surface area contributed by atoms with Crippen molar-refractivity contribution >= 4 is 12.4 Å². The molecule has 0 aromatic rings. The van der Waals surface area contributed by atoms with Gasteiger partial charge in [-0.15, -0.1) is 0 Å². The third-order valence-corrected chi connectivity index (χ3v) is 0. The van der Waals surface area contributed by atoms with Crippen LogP contribution in [0.5, 0.6) is 0 Å². The summed E-state index contributed by atoms with van der Waals surface area (Å²) < 4.78 is 0. The smallest absolute Gasteiger partial charge is 1.00 e. The number of hydrogen-bond acceptors (Lipinski definition) is 2. The summed E-state index contributed by atoms with van der Waals surface area (Å²) in [5.41, 5.74) is 0. The normalized spacial score (nSPS) is 4.62. The van der Waals surface area contributed by atoms with Crippen LogP contribution >= 0.6 is 0 Å². The first-order chi connectivity index (χ1) is 3.15. The van der Waals surface area contributed by atoms with E-state index < -0.39 is 6.16 Å². The molecule has 0 spiro atoms. The largest absolute Gasteiger partial charge is 1.00 e. The maximum absolute atomic E-state index is 8.81. The first kappa shape index (κ1) is 15.8. The van der Waals surface area contributed by atoms with E-state index in [4.69, 9.17) is 19.8 Å². The van der Waals surface area contributed by atoms with Crippen molar-refractivity contribution in [1.82, 2.24) is 0 Å². The van der Waals surface area contributed by atoms with Crippen LogP contribution in [0.4, 0.5) is 4.79 Å². The summed E-state index contributed by atoms with van der Waals surface area (Å²) in [5, 5.41) is 13.9. The van der Waals surface area contributed by atoms with Gasteiger partial charge in [0.2, 0.25) is 0 Å². The van der Waals surface area contributed by atoms with E-state index in [1.165, 1.54) is 6.92 Å². The van der Waals surface area contributed by atoms with Gasteiger partial charge in [0.1, 0.15) is 6.29 Å². The molecule has 44 valence electrons. The second-order valence-electron chi connectivity index (χ2n) is 0.518. The molecule has 0 aliphatic heterocycles. The molecule has 0 saturated heterocycles. The number of hydrogen-bond donors (Lipinski definition) is 2. The van der Waals surface area contributed by atoms with Gasteiger partial charge in [0.25, 0.3) is 0 Å². The Hall–Kier alpha value is 0.576. The van der Waals surface area contributed by atoms with Crippen molar-refractivity contribution in [2.24, 2.45) is 0 Å². The zero-order valence-corrected chi connectivity index (χ0v) is 7.91. The number of aldehydes is 1. The topological polar surface area (TPSA) is 74.6 Å². The molecule has 4 nitrogen and oxygen atoms in total. The molecular formula is C3H7KO4. The maximum atomic E-state index is 8.81. The molecule has 0 aromatic heterocycles. The zero-order valence-electron chi connectivity index (χ0n) is 5.79. The van der Waals surface area contributed by atoms with E-state index >= 15 is 0 Å². The van der Waals surface area contributed by atoms with Crippen LogP contribution in [-0.4, -0.2) is 22.7 Å². The van der Waals surface area contributed by atoms with E-state index in [0.29, 0.717) is 0 Å². The molecule has 0 unspecified atom stereocenters. The van der Waals surface area contributed by atoms with Crippen molar-refractivity contribution in [3.63, 3.8) is 0 Å². The molecule has 0 amide bonds. The molecule has 0 aliphatic carbocycles. The van der Waals surface area contributed by atoms with E-state index in [1.54, 1.807) is 0 Å². The fourth-order valence-corrected chi connectivity index (χ4v) is 0. The molecule has 0 saturated carbocycles. The Labute approximate surface area is 90.8 Å². The Morgan fingerprint density at radius 2 is 1.62 bits per heavy atom. The third-order valence-electron chi connectivity index (χ3n) is 0. The standard InChI is InChI=1S/C2H4O.CH2O3.K.H/c1-2-3;2-1(3)4;;/h2H,1H3;(H2,2,3,4);;/q;;+1;-1. The molecule has 0 radical (unpaired) electrons. The minimum absolute atomic E-state index is 0. The van der Waals surface area contributed by atoms with Gasteiger partial charge in [-0.25, -0.2) is 4.79 Å². The maximum Gasteiger partial charge on any atom is 1.00 e. The Kier molecular flexibility index (Phi) is 31.0. The minimum atomic E-state index is -1.83. The van der Waals surface area contributed by atoms with Crippen LogP contribution in [0.2, 0.25) is 0 Å². The van der Waals surface area contributed by atoms with Crippen molar-refractivity contribution in [2.75, 3.05) is 0 Å². The van der Waals surface area contributed by atoms with Crippen molar-refractivity contribution in [3.05, 3.63) is 0 Å². The average Bonchev–Trinajstić information content (AvgIpc) is 1.33. The first-order valence-corrected chi connectivity index (χ1v) is 1.46. The fraction of sp³-hybridized carbons (Fsp3) is 0.333. The molecule has 0 atom stereocenters. The van der Waals surface area contributed by atoms with Crippen LogP contribution in [0.3, 0.4) is 0 Å². The summed E-state index contributed by atoms with van der Waals surface area (Å²) in [6.45, 7) is 1.44. The van der Waals surface area contributed by atoms with Gasteiger partial charge in [-0.1, -0.05) is 0 Å². The van der Waals surface area contributed by atoms with E-state index in [2.05, 4.69) is 0 Å². The molecule has 0 heterocycles. The van der Waals surface area contributed by atoms with Gasteiger partial charge in [0, 0.05) is 0 Å². The number of rotatable bonds is 0. The Morgan fingerprint density at radius 1 is 1.62 bits per heavy atom. The molecule has 0 fully saturated rings. The van der Waals surface area contributed by atoms with Gasteiger partial charge in [0.05, 0.1) is 0 Å². The number of carbonyl (C=O) groups excluding carboxylic acids is 1. The average molecular weight is 146 g/mol. The van der Waals surface area contributed by atoms with Gasteiger partial charge in [0.15, 0.2) is 0 Å². The van der Waals surface area contributed by atoms with Crippen LogP contribution in [0.15, 0.2) is 0 Å². The molecule has 0 aromatic carbocycles. The third kappa shape index (κ3) is 616. The molecule has 0 rings (SSSR count). The van der Waals surface area contributed by atoms with Crippen molar-refractivity contribution in [1.29, 1.82) is 0 Å². The summed E-state index contributed by atoms with van der Waals surface area (Å²) in [4.78, 5) is 17.4. The number of carbonyl (C=O) groups is 2. The summed E-state index contributed by atoms with van der Waals surface area (Å²) in [6.07, 6.45) is -1.08. The minimum Gasteiger partial charge on any atom is -1.00 e. The van der Waals surface area contributed by atoms with Gasteiger partial charge in [-0.05, 0) is 6.92 Å². The predicted molar refractivity (Wildman–Crippen MR) is 23.5 cm³/mol. The zero-order chi connectivity index (χ0) is 6.28. The predicted octanol–water partition coefficient (Wildman–Crippen LogP) is -2.46. The van der Waals surface area contributed by atoms with Crippen molar-refractivity contribution in [2.45, 2.75) is 6.92 Å². The summed E-state index contributed by atoms with van der Waals surface area (Å²) in [6, 6.07) is 0. The SMILES string of the molecule is CC=O.O=C(O)O.[H-].[K+]. The second kappa shape index (κ2) is 15.6. The van der Waals surface area contributed by atoms with E-state index in [1.807, 2.05) is 0 Å². The summed E-state index contributed by atoms with van der Waals surface area (Å²) >= 11 is 0.